The molecule has 0 aliphatic rings. The molecule has 1 aromatic heterocycles. The molecule has 5 nitrogen and oxygen atoms in total. The van der Waals surface area contributed by atoms with Crippen LogP contribution in [0.1, 0.15) is 10.4 Å². The van der Waals surface area contributed by atoms with Gasteiger partial charge in [-0.1, -0.05) is 6.07 Å². The summed E-state index contributed by atoms with van der Waals surface area (Å²) in [7, 11) is 1.58. The maximum absolute atomic E-state index is 11.0. The normalized spacial score (nSPS) is 9.83. The Morgan fingerprint density at radius 2 is 2.22 bits per heavy atom. The van der Waals surface area contributed by atoms with Crippen molar-refractivity contribution in [1.29, 1.82) is 0 Å². The molecule has 2 rings (SSSR count). The van der Waals surface area contributed by atoms with E-state index in [0.29, 0.717) is 11.4 Å². The van der Waals surface area contributed by atoms with Crippen LogP contribution in [-0.2, 0) is 0 Å². The lowest BCUT2D eigenvalue weighted by atomic mass is 10.2. The van der Waals surface area contributed by atoms with E-state index < -0.39 is 5.97 Å². The Hall–Kier alpha value is -2.56. The molecule has 1 heterocycles. The predicted octanol–water partition coefficient (Wildman–Crippen LogP) is 2.53. The Morgan fingerprint density at radius 3 is 2.94 bits per heavy atom. The maximum Gasteiger partial charge on any atom is 0.339 e. The van der Waals surface area contributed by atoms with Gasteiger partial charge in [0, 0.05) is 24.1 Å². The standard InChI is InChI=1S/C13H12N2O3/c1-18-10-4-2-3-9(7-10)15-12-5-6-14-8-11(12)13(16)17/h2-8H,1H3,(H,14,15)(H,16,17). The van der Waals surface area contributed by atoms with E-state index in [1.165, 1.54) is 12.4 Å². The molecule has 1 aromatic carbocycles. The molecular weight excluding hydrogens is 232 g/mol. The van der Waals surface area contributed by atoms with Gasteiger partial charge in [-0.15, -0.1) is 0 Å². The van der Waals surface area contributed by atoms with E-state index in [2.05, 4.69) is 10.3 Å². The van der Waals surface area contributed by atoms with E-state index in [9.17, 15) is 4.79 Å². The van der Waals surface area contributed by atoms with Crippen LogP contribution in [0.5, 0.6) is 5.75 Å². The molecule has 0 amide bonds. The van der Waals surface area contributed by atoms with Crippen molar-refractivity contribution in [3.8, 4) is 5.75 Å². The minimum Gasteiger partial charge on any atom is -0.497 e. The van der Waals surface area contributed by atoms with Gasteiger partial charge in [-0.2, -0.15) is 0 Å². The highest BCUT2D eigenvalue weighted by molar-refractivity contribution is 5.94. The molecule has 2 aromatic rings. The SMILES string of the molecule is COc1cccc(Nc2ccncc2C(=O)O)c1. The van der Waals surface area contributed by atoms with Crippen molar-refractivity contribution in [3.63, 3.8) is 0 Å². The number of aromatic nitrogens is 1. The fraction of sp³-hybridized carbons (Fsp3) is 0.0769. The number of hydrogen-bond donors (Lipinski definition) is 2. The third-order valence-corrected chi connectivity index (χ3v) is 2.40. The number of nitrogens with zero attached hydrogens (tertiary/aromatic N) is 1. The molecule has 0 fully saturated rings. The lowest BCUT2D eigenvalue weighted by Gasteiger charge is -2.09. The number of benzene rings is 1. The van der Waals surface area contributed by atoms with Crippen LogP contribution in [-0.4, -0.2) is 23.2 Å². The number of carbonyl (C=O) groups is 1. The second kappa shape index (κ2) is 5.18. The molecule has 0 bridgehead atoms. The van der Waals surface area contributed by atoms with Crippen molar-refractivity contribution in [2.75, 3.05) is 12.4 Å². The summed E-state index contributed by atoms with van der Waals surface area (Å²) in [5, 5.41) is 12.1. The fourth-order valence-electron chi connectivity index (χ4n) is 1.53. The van der Waals surface area contributed by atoms with Crippen LogP contribution in [0.3, 0.4) is 0 Å². The number of aromatic carboxylic acids is 1. The molecule has 0 atom stereocenters. The van der Waals surface area contributed by atoms with Gasteiger partial charge >= 0.3 is 5.97 Å². The van der Waals surface area contributed by atoms with Crippen LogP contribution in [0.15, 0.2) is 42.7 Å². The molecule has 92 valence electrons. The van der Waals surface area contributed by atoms with E-state index in [4.69, 9.17) is 9.84 Å². The first kappa shape index (κ1) is 11.9. The Bertz CT molecular complexity index is 570. The molecule has 0 spiro atoms. The molecule has 18 heavy (non-hydrogen) atoms. The zero-order chi connectivity index (χ0) is 13.0. The van der Waals surface area contributed by atoms with Gasteiger partial charge in [0.2, 0.25) is 0 Å². The summed E-state index contributed by atoms with van der Waals surface area (Å²) in [6, 6.07) is 8.86. The average Bonchev–Trinajstić information content (AvgIpc) is 2.39. The van der Waals surface area contributed by atoms with Gasteiger partial charge in [-0.3, -0.25) is 4.98 Å². The van der Waals surface area contributed by atoms with Crippen LogP contribution < -0.4 is 10.1 Å². The van der Waals surface area contributed by atoms with Crippen molar-refractivity contribution in [1.82, 2.24) is 4.98 Å². The third kappa shape index (κ3) is 2.57. The van der Waals surface area contributed by atoms with Crippen molar-refractivity contribution in [3.05, 3.63) is 48.3 Å². The second-order valence-electron chi connectivity index (χ2n) is 3.58. The molecule has 0 aliphatic carbocycles. The molecule has 0 unspecified atom stereocenters. The van der Waals surface area contributed by atoms with E-state index in [0.717, 1.165) is 5.69 Å². The lowest BCUT2D eigenvalue weighted by Crippen LogP contribution is -2.03. The van der Waals surface area contributed by atoms with Gasteiger partial charge < -0.3 is 15.2 Å². The van der Waals surface area contributed by atoms with Gasteiger partial charge in [0.15, 0.2) is 0 Å². The highest BCUT2D eigenvalue weighted by Crippen LogP contribution is 2.23. The van der Waals surface area contributed by atoms with Gasteiger partial charge in [0.25, 0.3) is 0 Å². The lowest BCUT2D eigenvalue weighted by molar-refractivity contribution is 0.0697. The Balaban J connectivity index is 2.31. The number of carboxylic acids is 1. The van der Waals surface area contributed by atoms with Crippen molar-refractivity contribution in [2.45, 2.75) is 0 Å². The minimum atomic E-state index is -1.02. The summed E-state index contributed by atoms with van der Waals surface area (Å²) in [4.78, 5) is 14.8. The molecule has 2 N–H and O–H groups in total. The number of ether oxygens (including phenoxy) is 1. The van der Waals surface area contributed by atoms with Gasteiger partial charge in [0.1, 0.15) is 11.3 Å². The summed E-state index contributed by atoms with van der Waals surface area (Å²) >= 11 is 0. The van der Waals surface area contributed by atoms with Crippen LogP contribution in [0, 0.1) is 0 Å². The zero-order valence-corrected chi connectivity index (χ0v) is 9.75. The largest absolute Gasteiger partial charge is 0.497 e. The van der Waals surface area contributed by atoms with Crippen molar-refractivity contribution >= 4 is 17.3 Å². The molecule has 0 aliphatic heterocycles. The summed E-state index contributed by atoms with van der Waals surface area (Å²) in [6.45, 7) is 0. The van der Waals surface area contributed by atoms with Crippen LogP contribution >= 0.6 is 0 Å². The van der Waals surface area contributed by atoms with Crippen LogP contribution in [0.2, 0.25) is 0 Å². The zero-order valence-electron chi connectivity index (χ0n) is 9.75. The highest BCUT2D eigenvalue weighted by Gasteiger charge is 2.09. The highest BCUT2D eigenvalue weighted by atomic mass is 16.5. The number of anilines is 2. The quantitative estimate of drug-likeness (QED) is 0.864. The second-order valence-corrected chi connectivity index (χ2v) is 3.58. The van der Waals surface area contributed by atoms with Gasteiger partial charge in [-0.25, -0.2) is 4.79 Å². The Labute approximate surface area is 104 Å². The predicted molar refractivity (Wildman–Crippen MR) is 67.5 cm³/mol. The first-order valence-electron chi connectivity index (χ1n) is 5.29. The third-order valence-electron chi connectivity index (χ3n) is 2.40. The minimum absolute atomic E-state index is 0.125. The summed E-state index contributed by atoms with van der Waals surface area (Å²) in [5.41, 5.74) is 1.37. The van der Waals surface area contributed by atoms with Crippen LogP contribution in [0.4, 0.5) is 11.4 Å². The summed E-state index contributed by atoms with van der Waals surface area (Å²) in [6.07, 6.45) is 2.85. The molecule has 0 radical (unpaired) electrons. The monoisotopic (exact) mass is 244 g/mol. The molecule has 5 heteroatoms. The van der Waals surface area contributed by atoms with Gasteiger partial charge in [0.05, 0.1) is 12.8 Å². The number of hydrogen-bond acceptors (Lipinski definition) is 4. The number of methoxy groups -OCH3 is 1. The summed E-state index contributed by atoms with van der Waals surface area (Å²) in [5.74, 6) is -0.320. The van der Waals surface area contributed by atoms with Crippen LogP contribution in [0.25, 0.3) is 0 Å². The van der Waals surface area contributed by atoms with E-state index in [1.54, 1.807) is 19.2 Å². The number of pyridine rings is 1. The van der Waals surface area contributed by atoms with E-state index in [1.807, 2.05) is 18.2 Å². The van der Waals surface area contributed by atoms with Gasteiger partial charge in [-0.05, 0) is 18.2 Å². The topological polar surface area (TPSA) is 71.5 Å². The number of carboxylic acid groups (broad SMARTS) is 1. The van der Waals surface area contributed by atoms with E-state index in [-0.39, 0.29) is 5.56 Å². The Morgan fingerprint density at radius 1 is 1.39 bits per heavy atom. The number of rotatable bonds is 4. The maximum atomic E-state index is 11.0. The Kier molecular flexibility index (Phi) is 3.43. The van der Waals surface area contributed by atoms with Crippen molar-refractivity contribution in [2.24, 2.45) is 0 Å². The molecule has 0 saturated heterocycles. The van der Waals surface area contributed by atoms with E-state index >= 15 is 0 Å². The molecular formula is C13H12N2O3. The average molecular weight is 244 g/mol. The first-order chi connectivity index (χ1) is 8.70. The fourth-order valence-corrected chi connectivity index (χ4v) is 1.53. The molecule has 0 saturated carbocycles. The van der Waals surface area contributed by atoms with Crippen molar-refractivity contribution < 1.29 is 14.6 Å². The number of nitrogens with one attached hydrogen (secondary N) is 1. The smallest absolute Gasteiger partial charge is 0.339 e. The first-order valence-corrected chi connectivity index (χ1v) is 5.29. The summed E-state index contributed by atoms with van der Waals surface area (Å²) < 4.78 is 5.10.